The number of nitrogens with one attached hydrogen (secondary N) is 1. The van der Waals surface area contributed by atoms with Crippen LogP contribution in [-0.4, -0.2) is 23.2 Å². The summed E-state index contributed by atoms with van der Waals surface area (Å²) in [6.07, 6.45) is 4.21. The second-order valence-electron chi connectivity index (χ2n) is 4.76. The van der Waals surface area contributed by atoms with E-state index in [1.807, 2.05) is 0 Å². The smallest absolute Gasteiger partial charge is 0.257 e. The molecule has 0 saturated heterocycles. The molecule has 118 valence electrons. The number of rotatable bonds is 7. The second-order valence-corrected chi connectivity index (χ2v) is 5.82. The Balaban J connectivity index is 1.98. The molecule has 22 heavy (non-hydrogen) atoms. The van der Waals surface area contributed by atoms with Crippen LogP contribution in [-0.2, 0) is 6.42 Å². The number of hydrogen-bond acceptors (Lipinski definition) is 5. The third kappa shape index (κ3) is 4.24. The molecule has 1 aromatic carbocycles. The van der Waals surface area contributed by atoms with Gasteiger partial charge in [-0.2, -0.15) is 0 Å². The van der Waals surface area contributed by atoms with Crippen molar-refractivity contribution in [2.45, 2.75) is 32.6 Å². The maximum absolute atomic E-state index is 13.6. The normalized spacial score (nSPS) is 10.5. The maximum Gasteiger partial charge on any atom is 0.257 e. The molecule has 0 radical (unpaired) electrons. The Morgan fingerprint density at radius 2 is 2.18 bits per heavy atom. The van der Waals surface area contributed by atoms with Gasteiger partial charge in [0.25, 0.3) is 5.91 Å². The predicted molar refractivity (Wildman–Crippen MR) is 84.0 cm³/mol. The van der Waals surface area contributed by atoms with Gasteiger partial charge in [-0.3, -0.25) is 10.1 Å². The van der Waals surface area contributed by atoms with E-state index in [1.54, 1.807) is 0 Å². The Bertz CT molecular complexity index is 645. The lowest BCUT2D eigenvalue weighted by atomic mass is 10.2. The fourth-order valence-corrected chi connectivity index (χ4v) is 2.68. The number of hydrogen-bond donors (Lipinski definition) is 1. The topological polar surface area (TPSA) is 64.1 Å². The minimum absolute atomic E-state index is 0.102. The first-order chi connectivity index (χ1) is 10.6. The minimum atomic E-state index is -0.576. The van der Waals surface area contributed by atoms with Crippen LogP contribution in [0, 0.1) is 5.82 Å². The molecule has 1 heterocycles. The van der Waals surface area contributed by atoms with E-state index in [9.17, 15) is 9.18 Å². The number of halogens is 1. The summed E-state index contributed by atoms with van der Waals surface area (Å²) in [6.45, 7) is 2.14. The van der Waals surface area contributed by atoms with Crippen LogP contribution < -0.4 is 10.1 Å². The maximum atomic E-state index is 13.6. The number of carbonyl (C=O) groups is 1. The Labute approximate surface area is 132 Å². The number of aromatic nitrogens is 2. The zero-order valence-electron chi connectivity index (χ0n) is 12.6. The number of unbranched alkanes of at least 4 members (excludes halogenated alkanes) is 2. The van der Waals surface area contributed by atoms with Crippen LogP contribution in [0.5, 0.6) is 5.75 Å². The monoisotopic (exact) mass is 323 g/mol. The standard InChI is InChI=1S/C15H18FN3O2S/c1-3-4-5-6-13-18-19-15(22-13)17-14(20)10-7-8-12(21-2)11(16)9-10/h7-9H,3-6H2,1-2H3,(H,17,19,20). The highest BCUT2D eigenvalue weighted by Gasteiger charge is 2.12. The van der Waals surface area contributed by atoms with Gasteiger partial charge in [-0.15, -0.1) is 10.2 Å². The number of carbonyl (C=O) groups excluding carboxylic acids is 1. The van der Waals surface area contributed by atoms with Gasteiger partial charge < -0.3 is 4.74 Å². The molecule has 1 N–H and O–H groups in total. The number of anilines is 1. The summed E-state index contributed by atoms with van der Waals surface area (Å²) in [5.41, 5.74) is 0.209. The van der Waals surface area contributed by atoms with Crippen molar-refractivity contribution in [2.75, 3.05) is 12.4 Å². The van der Waals surface area contributed by atoms with Gasteiger partial charge in [0.15, 0.2) is 11.6 Å². The quantitative estimate of drug-likeness (QED) is 0.790. The zero-order chi connectivity index (χ0) is 15.9. The number of ether oxygens (including phenoxy) is 1. The number of aryl methyl sites for hydroxylation is 1. The molecule has 1 aromatic heterocycles. The van der Waals surface area contributed by atoms with E-state index in [-0.39, 0.29) is 11.3 Å². The van der Waals surface area contributed by atoms with Gasteiger partial charge in [0.05, 0.1) is 7.11 Å². The lowest BCUT2D eigenvalue weighted by molar-refractivity contribution is 0.102. The zero-order valence-corrected chi connectivity index (χ0v) is 13.4. The summed E-state index contributed by atoms with van der Waals surface area (Å²) >= 11 is 1.35. The van der Waals surface area contributed by atoms with E-state index in [1.165, 1.54) is 30.6 Å². The minimum Gasteiger partial charge on any atom is -0.494 e. The molecule has 2 rings (SSSR count). The summed E-state index contributed by atoms with van der Waals surface area (Å²) < 4.78 is 18.4. The molecule has 0 atom stereocenters. The van der Waals surface area contributed by atoms with Crippen LogP contribution in [0.3, 0.4) is 0 Å². The second kappa shape index (κ2) is 7.84. The van der Waals surface area contributed by atoms with Gasteiger partial charge >= 0.3 is 0 Å². The molecular formula is C15H18FN3O2S. The van der Waals surface area contributed by atoms with E-state index in [4.69, 9.17) is 4.74 Å². The Hall–Kier alpha value is -2.02. The Morgan fingerprint density at radius 3 is 2.86 bits per heavy atom. The molecule has 5 nitrogen and oxygen atoms in total. The summed E-state index contributed by atoms with van der Waals surface area (Å²) in [6, 6.07) is 4.05. The van der Waals surface area contributed by atoms with E-state index >= 15 is 0 Å². The molecule has 7 heteroatoms. The number of methoxy groups -OCH3 is 1. The van der Waals surface area contributed by atoms with E-state index in [0.29, 0.717) is 5.13 Å². The lowest BCUT2D eigenvalue weighted by Crippen LogP contribution is -2.12. The SMILES string of the molecule is CCCCCc1nnc(NC(=O)c2ccc(OC)c(F)c2)s1. The van der Waals surface area contributed by atoms with Crippen molar-refractivity contribution in [2.24, 2.45) is 0 Å². The molecule has 0 spiro atoms. The van der Waals surface area contributed by atoms with E-state index in [2.05, 4.69) is 22.4 Å². The number of benzene rings is 1. The van der Waals surface area contributed by atoms with E-state index < -0.39 is 11.7 Å². The van der Waals surface area contributed by atoms with Crippen LogP contribution in [0.2, 0.25) is 0 Å². The molecule has 1 amide bonds. The van der Waals surface area contributed by atoms with Crippen LogP contribution in [0.15, 0.2) is 18.2 Å². The fourth-order valence-electron chi connectivity index (χ4n) is 1.91. The average molecular weight is 323 g/mol. The lowest BCUT2D eigenvalue weighted by Gasteiger charge is -2.04. The first-order valence-corrected chi connectivity index (χ1v) is 7.93. The fraction of sp³-hybridized carbons (Fsp3) is 0.400. The van der Waals surface area contributed by atoms with Gasteiger partial charge in [-0.1, -0.05) is 31.1 Å². The summed E-state index contributed by atoms with van der Waals surface area (Å²) in [4.78, 5) is 12.1. The van der Waals surface area contributed by atoms with Crippen molar-refractivity contribution < 1.29 is 13.9 Å². The summed E-state index contributed by atoms with van der Waals surface area (Å²) in [7, 11) is 1.37. The largest absolute Gasteiger partial charge is 0.494 e. The summed E-state index contributed by atoms with van der Waals surface area (Å²) in [5, 5.41) is 11.9. The average Bonchev–Trinajstić information content (AvgIpc) is 2.95. The molecular weight excluding hydrogens is 305 g/mol. The summed E-state index contributed by atoms with van der Waals surface area (Å²) in [5.74, 6) is -0.892. The van der Waals surface area contributed by atoms with Crippen molar-refractivity contribution in [1.29, 1.82) is 0 Å². The Morgan fingerprint density at radius 1 is 1.36 bits per heavy atom. The van der Waals surface area contributed by atoms with Crippen molar-refractivity contribution in [3.05, 3.63) is 34.6 Å². The van der Waals surface area contributed by atoms with Gasteiger partial charge in [-0.25, -0.2) is 4.39 Å². The van der Waals surface area contributed by atoms with Crippen LogP contribution in [0.1, 0.15) is 41.6 Å². The predicted octanol–water partition coefficient (Wildman–Crippen LogP) is 3.67. The van der Waals surface area contributed by atoms with Gasteiger partial charge in [-0.05, 0) is 24.6 Å². The molecule has 0 aliphatic heterocycles. The molecule has 0 unspecified atom stereocenters. The van der Waals surface area contributed by atoms with E-state index in [0.717, 1.165) is 36.8 Å². The van der Waals surface area contributed by atoms with Crippen molar-refractivity contribution in [3.63, 3.8) is 0 Å². The highest BCUT2D eigenvalue weighted by atomic mass is 32.1. The molecule has 0 saturated carbocycles. The van der Waals surface area contributed by atoms with Crippen LogP contribution >= 0.6 is 11.3 Å². The molecule has 2 aromatic rings. The highest BCUT2D eigenvalue weighted by Crippen LogP contribution is 2.21. The van der Waals surface area contributed by atoms with Gasteiger partial charge in [0.1, 0.15) is 5.01 Å². The van der Waals surface area contributed by atoms with Crippen molar-refractivity contribution >= 4 is 22.4 Å². The van der Waals surface area contributed by atoms with Crippen LogP contribution in [0.25, 0.3) is 0 Å². The Kier molecular flexibility index (Phi) is 5.83. The third-order valence-electron chi connectivity index (χ3n) is 3.10. The first-order valence-electron chi connectivity index (χ1n) is 7.11. The first kappa shape index (κ1) is 16.4. The third-order valence-corrected chi connectivity index (χ3v) is 3.99. The van der Waals surface area contributed by atoms with Gasteiger partial charge in [0.2, 0.25) is 5.13 Å². The molecule has 0 bridgehead atoms. The van der Waals surface area contributed by atoms with Crippen molar-refractivity contribution in [3.8, 4) is 5.75 Å². The van der Waals surface area contributed by atoms with Crippen LogP contribution in [0.4, 0.5) is 9.52 Å². The number of amides is 1. The molecule has 0 aliphatic rings. The highest BCUT2D eigenvalue weighted by molar-refractivity contribution is 7.15. The molecule has 0 fully saturated rings. The molecule has 0 aliphatic carbocycles. The van der Waals surface area contributed by atoms with Crippen molar-refractivity contribution in [1.82, 2.24) is 10.2 Å². The van der Waals surface area contributed by atoms with Gasteiger partial charge in [0, 0.05) is 12.0 Å². The number of nitrogens with zero attached hydrogens (tertiary/aromatic N) is 2.